The first-order chi connectivity index (χ1) is 13.4. The summed E-state index contributed by atoms with van der Waals surface area (Å²) >= 11 is 1.16. The first-order valence-electron chi connectivity index (χ1n) is 8.82. The topological polar surface area (TPSA) is 112 Å². The van der Waals surface area contributed by atoms with Crippen LogP contribution in [0.25, 0.3) is 11.5 Å². The van der Waals surface area contributed by atoms with Crippen molar-refractivity contribution in [3.05, 3.63) is 24.3 Å². The molecule has 150 valence electrons. The van der Waals surface area contributed by atoms with Crippen LogP contribution >= 0.6 is 11.8 Å². The van der Waals surface area contributed by atoms with Gasteiger partial charge in [-0.05, 0) is 36.9 Å². The number of thioether (sulfide) groups is 1. The molecule has 0 aliphatic carbocycles. The molecule has 2 aliphatic heterocycles. The lowest BCUT2D eigenvalue weighted by Crippen LogP contribution is -2.40. The Morgan fingerprint density at radius 2 is 2.00 bits per heavy atom. The molecule has 0 amide bonds. The van der Waals surface area contributed by atoms with Crippen molar-refractivity contribution < 1.29 is 27.1 Å². The van der Waals surface area contributed by atoms with Crippen molar-refractivity contribution in [1.82, 2.24) is 14.5 Å². The maximum absolute atomic E-state index is 12.8. The maximum Gasteiger partial charge on any atom is 0.320 e. The molecule has 11 heteroatoms. The van der Waals surface area contributed by atoms with E-state index in [9.17, 15) is 13.2 Å². The molecule has 0 N–H and O–H groups in total. The van der Waals surface area contributed by atoms with Gasteiger partial charge in [0, 0.05) is 25.1 Å². The van der Waals surface area contributed by atoms with Gasteiger partial charge in [-0.3, -0.25) is 4.79 Å². The Labute approximate surface area is 166 Å². The van der Waals surface area contributed by atoms with E-state index >= 15 is 0 Å². The van der Waals surface area contributed by atoms with Gasteiger partial charge in [0.2, 0.25) is 15.9 Å². The van der Waals surface area contributed by atoms with Gasteiger partial charge in [-0.2, -0.15) is 4.31 Å². The van der Waals surface area contributed by atoms with Crippen LogP contribution in [0, 0.1) is 0 Å². The van der Waals surface area contributed by atoms with Crippen LogP contribution < -0.4 is 0 Å². The Bertz CT molecular complexity index is 971. The number of morpholine rings is 1. The molecule has 0 bridgehead atoms. The van der Waals surface area contributed by atoms with Gasteiger partial charge < -0.3 is 13.9 Å². The first kappa shape index (κ1) is 19.4. The molecule has 2 atom stereocenters. The van der Waals surface area contributed by atoms with Crippen LogP contribution in [-0.4, -0.2) is 66.5 Å². The van der Waals surface area contributed by atoms with E-state index in [-0.39, 0.29) is 33.3 Å². The number of rotatable bonds is 5. The second-order valence-corrected chi connectivity index (χ2v) is 9.60. The van der Waals surface area contributed by atoms with Gasteiger partial charge in [-0.1, -0.05) is 6.07 Å². The minimum Gasteiger partial charge on any atom is -0.462 e. The third-order valence-corrected chi connectivity index (χ3v) is 7.40. The number of hydrogen-bond acceptors (Lipinski definition) is 9. The molecule has 0 radical (unpaired) electrons. The van der Waals surface area contributed by atoms with Gasteiger partial charge >= 0.3 is 5.97 Å². The second kappa shape index (κ2) is 7.82. The Morgan fingerprint density at radius 3 is 2.71 bits per heavy atom. The average molecular weight is 425 g/mol. The lowest BCUT2D eigenvalue weighted by atomic mass is 10.2. The maximum atomic E-state index is 12.8. The van der Waals surface area contributed by atoms with Crippen LogP contribution in [0.4, 0.5) is 0 Å². The molecular formula is C17H19N3O6S2. The van der Waals surface area contributed by atoms with E-state index < -0.39 is 10.0 Å². The van der Waals surface area contributed by atoms with Gasteiger partial charge in [-0.15, -0.1) is 10.2 Å². The minimum atomic E-state index is -3.62. The van der Waals surface area contributed by atoms with Crippen molar-refractivity contribution in [2.45, 2.75) is 34.8 Å². The highest BCUT2D eigenvalue weighted by atomic mass is 32.2. The number of ether oxygens (including phenoxy) is 2. The highest BCUT2D eigenvalue weighted by Gasteiger charge is 2.34. The number of aromatic nitrogens is 2. The molecule has 0 spiro atoms. The van der Waals surface area contributed by atoms with E-state index in [2.05, 4.69) is 10.2 Å². The monoisotopic (exact) mass is 425 g/mol. The van der Waals surface area contributed by atoms with Gasteiger partial charge in [0.1, 0.15) is 11.4 Å². The summed E-state index contributed by atoms with van der Waals surface area (Å²) in [6.45, 7) is 3.24. The number of benzene rings is 1. The molecule has 1 aromatic heterocycles. The predicted molar refractivity (Wildman–Crippen MR) is 99.1 cm³/mol. The Hall–Kier alpha value is -1.95. The summed E-state index contributed by atoms with van der Waals surface area (Å²) in [6.07, 6.45) is 0.448. The Kier molecular flexibility index (Phi) is 5.41. The molecule has 9 nitrogen and oxygen atoms in total. The predicted octanol–water partition coefficient (Wildman–Crippen LogP) is 1.55. The number of sulfonamides is 1. The fourth-order valence-electron chi connectivity index (χ4n) is 3.04. The van der Waals surface area contributed by atoms with Crippen LogP contribution in [0.1, 0.15) is 13.3 Å². The van der Waals surface area contributed by atoms with Crippen molar-refractivity contribution >= 4 is 27.8 Å². The van der Waals surface area contributed by atoms with Crippen LogP contribution in [0.2, 0.25) is 0 Å². The normalized spacial score (nSPS) is 23.7. The zero-order valence-corrected chi connectivity index (χ0v) is 16.7. The van der Waals surface area contributed by atoms with E-state index in [0.29, 0.717) is 38.3 Å². The zero-order chi connectivity index (χ0) is 19.7. The molecule has 2 unspecified atom stereocenters. The van der Waals surface area contributed by atoms with E-state index in [4.69, 9.17) is 13.9 Å². The highest BCUT2D eigenvalue weighted by Crippen LogP contribution is 2.33. The van der Waals surface area contributed by atoms with Crippen LogP contribution in [0.3, 0.4) is 0 Å². The summed E-state index contributed by atoms with van der Waals surface area (Å²) in [6, 6.07) is 6.39. The van der Waals surface area contributed by atoms with Gasteiger partial charge in [0.15, 0.2) is 0 Å². The molecule has 2 aromatic rings. The summed E-state index contributed by atoms with van der Waals surface area (Å²) < 4.78 is 43.0. The van der Waals surface area contributed by atoms with Crippen molar-refractivity contribution in [1.29, 1.82) is 0 Å². The largest absolute Gasteiger partial charge is 0.462 e. The van der Waals surface area contributed by atoms with E-state index in [0.717, 1.165) is 11.8 Å². The van der Waals surface area contributed by atoms with Crippen LogP contribution in [-0.2, 0) is 24.3 Å². The van der Waals surface area contributed by atoms with E-state index in [1.54, 1.807) is 12.1 Å². The number of hydrogen-bond donors (Lipinski definition) is 0. The Morgan fingerprint density at radius 1 is 1.21 bits per heavy atom. The fourth-order valence-corrected chi connectivity index (χ4v) is 5.47. The second-order valence-electron chi connectivity index (χ2n) is 6.51. The summed E-state index contributed by atoms with van der Waals surface area (Å²) in [4.78, 5) is 11.9. The van der Waals surface area contributed by atoms with E-state index in [1.165, 1.54) is 16.4 Å². The first-order valence-corrected chi connectivity index (χ1v) is 11.1. The summed E-state index contributed by atoms with van der Waals surface area (Å²) in [7, 11) is -3.62. The molecular weight excluding hydrogens is 406 g/mol. The number of cyclic esters (lactones) is 1. The molecule has 4 rings (SSSR count). The zero-order valence-electron chi connectivity index (χ0n) is 15.1. The molecule has 2 saturated heterocycles. The lowest BCUT2D eigenvalue weighted by molar-refractivity contribution is -0.140. The standard InChI is InChI=1S/C17H19N3O6S2/c1-11-9-14(16(21)25-11)27-17-19-18-15(26-17)12-3-2-4-13(10-12)28(22,23)20-5-7-24-8-6-20/h2-4,10-11,14H,5-9H2,1H3. The molecule has 2 fully saturated rings. The summed E-state index contributed by atoms with van der Waals surface area (Å²) in [5.41, 5.74) is 0.496. The van der Waals surface area contributed by atoms with Crippen molar-refractivity contribution in [2.24, 2.45) is 0 Å². The molecule has 2 aliphatic rings. The molecule has 28 heavy (non-hydrogen) atoms. The number of esters is 1. The quantitative estimate of drug-likeness (QED) is 0.659. The minimum absolute atomic E-state index is 0.130. The van der Waals surface area contributed by atoms with Gasteiger partial charge in [0.05, 0.1) is 18.1 Å². The number of carbonyl (C=O) groups excluding carboxylic acids is 1. The molecule has 3 heterocycles. The van der Waals surface area contributed by atoms with Crippen molar-refractivity contribution in [2.75, 3.05) is 26.3 Å². The van der Waals surface area contributed by atoms with Crippen LogP contribution in [0.15, 0.2) is 38.8 Å². The molecule has 1 aromatic carbocycles. The third kappa shape index (κ3) is 3.93. The SMILES string of the molecule is CC1CC(Sc2nnc(-c3cccc(S(=O)(=O)N4CCOCC4)c3)o2)C(=O)O1. The number of nitrogens with zero attached hydrogens (tertiary/aromatic N) is 3. The molecule has 0 saturated carbocycles. The van der Waals surface area contributed by atoms with Gasteiger partial charge in [0.25, 0.3) is 5.22 Å². The summed E-state index contributed by atoms with van der Waals surface area (Å²) in [5.74, 6) is -0.100. The fraction of sp³-hybridized carbons (Fsp3) is 0.471. The smallest absolute Gasteiger partial charge is 0.320 e. The lowest BCUT2D eigenvalue weighted by Gasteiger charge is -2.26. The Balaban J connectivity index is 1.53. The van der Waals surface area contributed by atoms with Crippen molar-refractivity contribution in [3.8, 4) is 11.5 Å². The highest BCUT2D eigenvalue weighted by molar-refractivity contribution is 8.00. The van der Waals surface area contributed by atoms with Gasteiger partial charge in [-0.25, -0.2) is 8.42 Å². The van der Waals surface area contributed by atoms with E-state index in [1.807, 2.05) is 6.92 Å². The van der Waals surface area contributed by atoms with Crippen molar-refractivity contribution in [3.63, 3.8) is 0 Å². The summed E-state index contributed by atoms with van der Waals surface area (Å²) in [5, 5.41) is 7.81. The van der Waals surface area contributed by atoms with Crippen LogP contribution in [0.5, 0.6) is 0 Å². The third-order valence-electron chi connectivity index (χ3n) is 4.46. The average Bonchev–Trinajstić information content (AvgIpc) is 3.29. The number of carbonyl (C=O) groups is 1.